The topological polar surface area (TPSA) is 58.4 Å². The van der Waals surface area contributed by atoms with Crippen molar-refractivity contribution in [1.29, 1.82) is 0 Å². The van der Waals surface area contributed by atoms with Crippen LogP contribution in [0.3, 0.4) is 0 Å². The number of rotatable bonds is 4. The number of likely N-dealkylation sites (tertiary alicyclic amines) is 1. The van der Waals surface area contributed by atoms with Gasteiger partial charge in [-0.1, -0.05) is 48.5 Å². The van der Waals surface area contributed by atoms with Crippen LogP contribution in [0.4, 0.5) is 5.69 Å². The summed E-state index contributed by atoms with van der Waals surface area (Å²) in [5, 5.41) is 5.32. The maximum atomic E-state index is 12.9. The van der Waals surface area contributed by atoms with Crippen molar-refractivity contribution in [2.24, 2.45) is 0 Å². The fourth-order valence-electron chi connectivity index (χ4n) is 4.34. The smallest absolute Gasteiger partial charge is 0.241 e. The van der Waals surface area contributed by atoms with Crippen LogP contribution >= 0.6 is 0 Å². The number of oxazole rings is 1. The van der Waals surface area contributed by atoms with Gasteiger partial charge in [0, 0.05) is 17.0 Å². The molecule has 5 nitrogen and oxygen atoms in total. The van der Waals surface area contributed by atoms with Gasteiger partial charge in [0.25, 0.3) is 0 Å². The molecule has 1 aromatic heterocycles. The number of aromatic nitrogens is 1. The summed E-state index contributed by atoms with van der Waals surface area (Å²) in [6.45, 7) is 3.70. The summed E-state index contributed by atoms with van der Waals surface area (Å²) in [6, 6.07) is 21.8. The van der Waals surface area contributed by atoms with Crippen molar-refractivity contribution >= 4 is 33.5 Å². The van der Waals surface area contributed by atoms with Crippen LogP contribution in [0.25, 0.3) is 21.9 Å². The highest BCUT2D eigenvalue weighted by atomic mass is 16.3. The third-order valence-corrected chi connectivity index (χ3v) is 6.16. The number of hydrogen-bond donors (Lipinski definition) is 1. The fourth-order valence-corrected chi connectivity index (χ4v) is 4.34. The first-order valence-electron chi connectivity index (χ1n) is 10.6. The molecule has 3 aromatic carbocycles. The molecule has 1 unspecified atom stereocenters. The van der Waals surface area contributed by atoms with E-state index in [0.29, 0.717) is 5.92 Å². The zero-order valence-electron chi connectivity index (χ0n) is 17.0. The average Bonchev–Trinajstić information content (AvgIpc) is 3.23. The van der Waals surface area contributed by atoms with Crippen molar-refractivity contribution in [3.05, 3.63) is 72.6 Å². The number of para-hydroxylation sites is 2. The molecular weight excluding hydrogens is 374 g/mol. The summed E-state index contributed by atoms with van der Waals surface area (Å²) < 4.78 is 5.96. The fraction of sp³-hybridized carbons (Fsp3) is 0.280. The van der Waals surface area contributed by atoms with Crippen LogP contribution in [0.1, 0.15) is 31.6 Å². The van der Waals surface area contributed by atoms with Gasteiger partial charge in [0.15, 0.2) is 11.5 Å². The second-order valence-corrected chi connectivity index (χ2v) is 8.02. The second kappa shape index (κ2) is 7.92. The number of piperidine rings is 1. The molecule has 5 heteroatoms. The highest BCUT2D eigenvalue weighted by Crippen LogP contribution is 2.31. The van der Waals surface area contributed by atoms with Crippen LogP contribution in [-0.2, 0) is 4.79 Å². The van der Waals surface area contributed by atoms with Crippen LogP contribution in [0.2, 0.25) is 0 Å². The SMILES string of the molecule is CC(C(=O)Nc1cccc2ccccc12)N1CCC(c2nc3ccccc3o2)CC1. The molecule has 1 saturated heterocycles. The minimum Gasteiger partial charge on any atom is -0.440 e. The number of carbonyl (C=O) groups is 1. The van der Waals surface area contributed by atoms with Gasteiger partial charge < -0.3 is 9.73 Å². The van der Waals surface area contributed by atoms with Crippen molar-refractivity contribution in [1.82, 2.24) is 9.88 Å². The van der Waals surface area contributed by atoms with E-state index in [1.165, 1.54) is 0 Å². The number of nitrogens with one attached hydrogen (secondary N) is 1. The lowest BCUT2D eigenvalue weighted by atomic mass is 9.95. The van der Waals surface area contributed by atoms with E-state index in [2.05, 4.69) is 27.3 Å². The lowest BCUT2D eigenvalue weighted by Gasteiger charge is -2.34. The van der Waals surface area contributed by atoms with Gasteiger partial charge in [-0.05, 0) is 56.4 Å². The van der Waals surface area contributed by atoms with Crippen molar-refractivity contribution < 1.29 is 9.21 Å². The zero-order chi connectivity index (χ0) is 20.5. The van der Waals surface area contributed by atoms with Crippen LogP contribution in [0, 0.1) is 0 Å². The molecule has 5 rings (SSSR count). The Hall–Kier alpha value is -3.18. The van der Waals surface area contributed by atoms with Crippen molar-refractivity contribution in [3.63, 3.8) is 0 Å². The van der Waals surface area contributed by atoms with Crippen LogP contribution in [0.5, 0.6) is 0 Å². The van der Waals surface area contributed by atoms with E-state index >= 15 is 0 Å². The van der Waals surface area contributed by atoms with E-state index in [1.54, 1.807) is 0 Å². The Kier molecular flexibility index (Phi) is 4.97. The van der Waals surface area contributed by atoms with Gasteiger partial charge in [0.2, 0.25) is 5.91 Å². The van der Waals surface area contributed by atoms with Gasteiger partial charge in [-0.15, -0.1) is 0 Å². The first-order valence-corrected chi connectivity index (χ1v) is 10.6. The largest absolute Gasteiger partial charge is 0.440 e. The van der Waals surface area contributed by atoms with Crippen molar-refractivity contribution in [2.45, 2.75) is 31.7 Å². The summed E-state index contributed by atoms with van der Waals surface area (Å²) in [6.07, 6.45) is 1.89. The Morgan fingerprint density at radius 2 is 1.77 bits per heavy atom. The minimum atomic E-state index is -0.187. The molecule has 1 atom stereocenters. The highest BCUT2D eigenvalue weighted by molar-refractivity contribution is 6.03. The molecule has 30 heavy (non-hydrogen) atoms. The number of amides is 1. The Morgan fingerprint density at radius 1 is 1.03 bits per heavy atom. The van der Waals surface area contributed by atoms with Gasteiger partial charge in [0.05, 0.1) is 6.04 Å². The Labute approximate surface area is 175 Å². The minimum absolute atomic E-state index is 0.0339. The summed E-state index contributed by atoms with van der Waals surface area (Å²) in [5.74, 6) is 1.16. The van der Waals surface area contributed by atoms with Gasteiger partial charge >= 0.3 is 0 Å². The molecule has 1 aliphatic rings. The number of benzene rings is 3. The molecule has 0 saturated carbocycles. The Bertz CT molecular complexity index is 1150. The maximum Gasteiger partial charge on any atom is 0.241 e. The molecule has 1 fully saturated rings. The quantitative estimate of drug-likeness (QED) is 0.513. The number of nitrogens with zero attached hydrogens (tertiary/aromatic N) is 2. The number of fused-ring (bicyclic) bond motifs is 2. The Balaban J connectivity index is 1.24. The Morgan fingerprint density at radius 3 is 2.60 bits per heavy atom. The zero-order valence-corrected chi connectivity index (χ0v) is 17.0. The molecule has 0 spiro atoms. The van der Waals surface area contributed by atoms with E-state index < -0.39 is 0 Å². The molecule has 1 N–H and O–H groups in total. The van der Waals surface area contributed by atoms with Crippen LogP contribution in [-0.4, -0.2) is 34.9 Å². The third kappa shape index (κ3) is 3.57. The first-order chi connectivity index (χ1) is 14.7. The molecule has 0 aliphatic carbocycles. The predicted octanol–water partition coefficient (Wildman–Crippen LogP) is 5.19. The number of carbonyl (C=O) groups excluding carboxylic acids is 1. The summed E-state index contributed by atoms with van der Waals surface area (Å²) in [4.78, 5) is 19.9. The molecule has 1 aliphatic heterocycles. The second-order valence-electron chi connectivity index (χ2n) is 8.02. The van der Waals surface area contributed by atoms with E-state index in [0.717, 1.165) is 59.4 Å². The molecule has 4 aromatic rings. The van der Waals surface area contributed by atoms with E-state index in [9.17, 15) is 4.79 Å². The highest BCUT2D eigenvalue weighted by Gasteiger charge is 2.29. The first kappa shape index (κ1) is 18.8. The summed E-state index contributed by atoms with van der Waals surface area (Å²) in [5.41, 5.74) is 2.63. The maximum absolute atomic E-state index is 12.9. The average molecular weight is 399 g/mol. The van der Waals surface area contributed by atoms with E-state index in [1.807, 2.05) is 61.5 Å². The van der Waals surface area contributed by atoms with Gasteiger partial charge in [-0.2, -0.15) is 0 Å². The van der Waals surface area contributed by atoms with Crippen molar-refractivity contribution in [2.75, 3.05) is 18.4 Å². The van der Waals surface area contributed by atoms with E-state index in [4.69, 9.17) is 4.42 Å². The molecular formula is C25H25N3O2. The van der Waals surface area contributed by atoms with Gasteiger partial charge in [0.1, 0.15) is 5.52 Å². The summed E-state index contributed by atoms with van der Waals surface area (Å²) in [7, 11) is 0. The predicted molar refractivity (Wildman–Crippen MR) is 120 cm³/mol. The normalized spacial score (nSPS) is 16.7. The monoisotopic (exact) mass is 399 g/mol. The van der Waals surface area contributed by atoms with Gasteiger partial charge in [-0.3, -0.25) is 9.69 Å². The standard InChI is InChI=1S/C25H25N3O2/c1-17(24(29)26-21-11-6-8-18-7-2-3-9-20(18)21)28-15-13-19(14-16-28)25-27-22-10-4-5-12-23(22)30-25/h2-12,17,19H,13-16H2,1H3,(H,26,29). The molecule has 0 bridgehead atoms. The van der Waals surface area contributed by atoms with Crippen LogP contribution < -0.4 is 5.32 Å². The third-order valence-electron chi connectivity index (χ3n) is 6.16. The molecule has 2 heterocycles. The number of hydrogen-bond acceptors (Lipinski definition) is 4. The lowest BCUT2D eigenvalue weighted by molar-refractivity contribution is -0.121. The van der Waals surface area contributed by atoms with Crippen LogP contribution in [0.15, 0.2) is 71.1 Å². The molecule has 1 amide bonds. The van der Waals surface area contributed by atoms with Gasteiger partial charge in [-0.25, -0.2) is 4.98 Å². The molecule has 0 radical (unpaired) electrons. The van der Waals surface area contributed by atoms with Crippen molar-refractivity contribution in [3.8, 4) is 0 Å². The lowest BCUT2D eigenvalue weighted by Crippen LogP contribution is -2.45. The molecule has 152 valence electrons. The summed E-state index contributed by atoms with van der Waals surface area (Å²) >= 11 is 0. The number of anilines is 1. The van der Waals surface area contributed by atoms with E-state index in [-0.39, 0.29) is 11.9 Å².